The predicted octanol–water partition coefficient (Wildman–Crippen LogP) is 1.27. The number of benzene rings is 1. The van der Waals surface area contributed by atoms with Gasteiger partial charge in [0, 0.05) is 39.3 Å². The second-order valence-electron chi connectivity index (χ2n) is 7.36. The Balaban J connectivity index is 2.17. The van der Waals surface area contributed by atoms with Crippen LogP contribution in [0.15, 0.2) is 29.2 Å². The third kappa shape index (κ3) is 6.25. The molecule has 1 aliphatic rings. The zero-order valence-electron chi connectivity index (χ0n) is 16.4. The minimum Gasteiger partial charge on any atom is -0.314 e. The lowest BCUT2D eigenvalue weighted by Crippen LogP contribution is -2.48. The molecule has 0 spiro atoms. The Labute approximate surface area is 163 Å². The molecule has 2 rings (SSSR count). The van der Waals surface area contributed by atoms with Crippen LogP contribution in [-0.4, -0.2) is 70.5 Å². The Hall–Kier alpha value is -1.00. The summed E-state index contributed by atoms with van der Waals surface area (Å²) in [6.07, 6.45) is 0.679. The quantitative estimate of drug-likeness (QED) is 0.654. The first-order valence-electron chi connectivity index (χ1n) is 9.38. The summed E-state index contributed by atoms with van der Waals surface area (Å²) >= 11 is 0. The second-order valence-corrected chi connectivity index (χ2v) is 11.4. The van der Waals surface area contributed by atoms with Crippen LogP contribution in [0.5, 0.6) is 0 Å². The van der Waals surface area contributed by atoms with Gasteiger partial charge >= 0.3 is 0 Å². The third-order valence-electron chi connectivity index (χ3n) is 4.68. The molecule has 154 valence electrons. The van der Waals surface area contributed by atoms with Gasteiger partial charge in [0.15, 0.2) is 0 Å². The van der Waals surface area contributed by atoms with E-state index >= 15 is 0 Å². The number of hydrogen-bond donors (Lipinski definition) is 1. The maximum atomic E-state index is 13.1. The molecular formula is C18H31N3O4S2. The van der Waals surface area contributed by atoms with Crippen molar-refractivity contribution in [1.29, 1.82) is 0 Å². The number of piperazine rings is 1. The highest BCUT2D eigenvalue weighted by atomic mass is 32.2. The van der Waals surface area contributed by atoms with Crippen LogP contribution in [0, 0.1) is 12.8 Å². The van der Waals surface area contributed by atoms with E-state index in [4.69, 9.17) is 0 Å². The number of rotatable bonds is 9. The van der Waals surface area contributed by atoms with Crippen molar-refractivity contribution in [3.63, 3.8) is 0 Å². The van der Waals surface area contributed by atoms with Crippen molar-refractivity contribution in [1.82, 2.24) is 13.9 Å². The fourth-order valence-electron chi connectivity index (χ4n) is 2.88. The summed E-state index contributed by atoms with van der Waals surface area (Å²) in [5, 5.41) is 3.12. The van der Waals surface area contributed by atoms with E-state index in [1.54, 1.807) is 24.3 Å². The predicted molar refractivity (Wildman–Crippen MR) is 108 cm³/mol. The van der Waals surface area contributed by atoms with E-state index < -0.39 is 20.0 Å². The Morgan fingerprint density at radius 2 is 1.63 bits per heavy atom. The van der Waals surface area contributed by atoms with Gasteiger partial charge in [-0.1, -0.05) is 31.5 Å². The molecule has 27 heavy (non-hydrogen) atoms. The fraction of sp³-hybridized carbons (Fsp3) is 0.667. The summed E-state index contributed by atoms with van der Waals surface area (Å²) in [7, 11) is -7.21. The largest absolute Gasteiger partial charge is 0.314 e. The van der Waals surface area contributed by atoms with Crippen molar-refractivity contribution >= 4 is 20.0 Å². The van der Waals surface area contributed by atoms with Crippen LogP contribution in [0.3, 0.4) is 0 Å². The number of sulfonamides is 2. The molecule has 0 aliphatic carbocycles. The highest BCUT2D eigenvalue weighted by Crippen LogP contribution is 2.18. The van der Waals surface area contributed by atoms with Crippen molar-refractivity contribution in [3.05, 3.63) is 29.8 Å². The lowest BCUT2D eigenvalue weighted by atomic mass is 10.1. The average Bonchev–Trinajstić information content (AvgIpc) is 2.62. The van der Waals surface area contributed by atoms with Gasteiger partial charge in [-0.25, -0.2) is 16.8 Å². The summed E-state index contributed by atoms with van der Waals surface area (Å²) in [5.74, 6) is 0.126. The molecule has 1 heterocycles. The summed E-state index contributed by atoms with van der Waals surface area (Å²) in [6, 6.07) is 6.67. The van der Waals surface area contributed by atoms with Crippen LogP contribution in [0.25, 0.3) is 0 Å². The Bertz CT molecular complexity index is 800. The van der Waals surface area contributed by atoms with E-state index in [9.17, 15) is 16.8 Å². The summed E-state index contributed by atoms with van der Waals surface area (Å²) in [5.41, 5.74) is 0.976. The molecule has 9 heteroatoms. The van der Waals surface area contributed by atoms with Crippen molar-refractivity contribution in [3.8, 4) is 0 Å². The highest BCUT2D eigenvalue weighted by Gasteiger charge is 2.29. The van der Waals surface area contributed by atoms with Crippen molar-refractivity contribution in [2.24, 2.45) is 5.92 Å². The number of nitrogens with one attached hydrogen (secondary N) is 1. The van der Waals surface area contributed by atoms with Crippen molar-refractivity contribution < 1.29 is 16.8 Å². The molecule has 7 nitrogen and oxygen atoms in total. The monoisotopic (exact) mass is 417 g/mol. The molecule has 0 unspecified atom stereocenters. The Kier molecular flexibility index (Phi) is 7.82. The third-order valence-corrected chi connectivity index (χ3v) is 8.45. The number of nitrogens with zero attached hydrogens (tertiary/aromatic N) is 2. The molecule has 1 fully saturated rings. The lowest BCUT2D eigenvalue weighted by molar-refractivity contribution is 0.353. The molecule has 0 amide bonds. The molecule has 0 saturated carbocycles. The molecule has 1 aromatic rings. The van der Waals surface area contributed by atoms with E-state index in [1.807, 2.05) is 20.8 Å². The van der Waals surface area contributed by atoms with Gasteiger partial charge < -0.3 is 5.32 Å². The minimum atomic E-state index is -3.73. The molecular weight excluding hydrogens is 386 g/mol. The molecule has 0 atom stereocenters. The summed E-state index contributed by atoms with van der Waals surface area (Å²) in [6.45, 7) is 8.32. The van der Waals surface area contributed by atoms with Crippen LogP contribution in [-0.2, 0) is 20.0 Å². The fourth-order valence-corrected chi connectivity index (χ4v) is 5.90. The first-order valence-corrected chi connectivity index (χ1v) is 12.4. The van der Waals surface area contributed by atoms with E-state index in [-0.39, 0.29) is 17.2 Å². The highest BCUT2D eigenvalue weighted by molar-refractivity contribution is 7.90. The normalized spacial score (nSPS) is 16.9. The van der Waals surface area contributed by atoms with Gasteiger partial charge in [0.05, 0.1) is 10.6 Å². The van der Waals surface area contributed by atoms with Gasteiger partial charge in [0.25, 0.3) is 0 Å². The van der Waals surface area contributed by atoms with Crippen LogP contribution in [0.2, 0.25) is 0 Å². The van der Waals surface area contributed by atoms with Gasteiger partial charge in [-0.15, -0.1) is 0 Å². The molecule has 0 radical (unpaired) electrons. The van der Waals surface area contributed by atoms with E-state index in [1.165, 1.54) is 8.61 Å². The molecule has 1 aliphatic heterocycles. The lowest BCUT2D eigenvalue weighted by Gasteiger charge is -2.28. The first-order chi connectivity index (χ1) is 12.6. The topological polar surface area (TPSA) is 86.8 Å². The number of aryl methyl sites for hydroxylation is 1. The first kappa shape index (κ1) is 22.3. The van der Waals surface area contributed by atoms with Crippen LogP contribution in [0.1, 0.15) is 25.8 Å². The van der Waals surface area contributed by atoms with Gasteiger partial charge in [-0.05, 0) is 31.4 Å². The van der Waals surface area contributed by atoms with Gasteiger partial charge in [-0.3, -0.25) is 0 Å². The molecule has 1 saturated heterocycles. The Morgan fingerprint density at radius 3 is 2.19 bits per heavy atom. The minimum absolute atomic E-state index is 0.0325. The average molecular weight is 418 g/mol. The van der Waals surface area contributed by atoms with E-state index in [0.717, 1.165) is 5.56 Å². The molecule has 0 aromatic heterocycles. The zero-order chi connectivity index (χ0) is 20.1. The standard InChI is InChI=1S/C18H31N3O4S2/c1-16(2)8-11-21(27(24,25)18-6-4-17(3)5-7-18)14-15-26(22,23)20-12-9-19-10-13-20/h4-7,16,19H,8-15H2,1-3H3. The van der Waals surface area contributed by atoms with Gasteiger partial charge in [-0.2, -0.15) is 8.61 Å². The zero-order valence-corrected chi connectivity index (χ0v) is 18.0. The van der Waals surface area contributed by atoms with Crippen LogP contribution in [0.4, 0.5) is 0 Å². The van der Waals surface area contributed by atoms with Crippen molar-refractivity contribution in [2.45, 2.75) is 32.1 Å². The second kappa shape index (κ2) is 9.47. The number of hydrogen-bond acceptors (Lipinski definition) is 5. The van der Waals surface area contributed by atoms with Crippen LogP contribution < -0.4 is 5.32 Å². The smallest absolute Gasteiger partial charge is 0.243 e. The maximum Gasteiger partial charge on any atom is 0.243 e. The van der Waals surface area contributed by atoms with Crippen LogP contribution >= 0.6 is 0 Å². The summed E-state index contributed by atoms with van der Waals surface area (Å²) in [4.78, 5) is 0.205. The van der Waals surface area contributed by atoms with Crippen molar-refractivity contribution in [2.75, 3.05) is 45.0 Å². The van der Waals surface area contributed by atoms with Gasteiger partial charge in [0.2, 0.25) is 20.0 Å². The Morgan fingerprint density at radius 1 is 1.04 bits per heavy atom. The van der Waals surface area contributed by atoms with E-state index in [0.29, 0.717) is 45.1 Å². The molecule has 1 N–H and O–H groups in total. The summed E-state index contributed by atoms with van der Waals surface area (Å²) < 4.78 is 54.1. The molecule has 1 aromatic carbocycles. The maximum absolute atomic E-state index is 13.1. The van der Waals surface area contributed by atoms with E-state index in [2.05, 4.69) is 5.32 Å². The molecule has 0 bridgehead atoms. The SMILES string of the molecule is Cc1ccc(S(=O)(=O)N(CCC(C)C)CCS(=O)(=O)N2CCNCC2)cc1. The van der Waals surface area contributed by atoms with Gasteiger partial charge in [0.1, 0.15) is 0 Å².